The van der Waals surface area contributed by atoms with E-state index in [1.165, 1.54) is 18.4 Å². The van der Waals surface area contributed by atoms with Crippen molar-refractivity contribution in [3.05, 3.63) is 63.5 Å². The number of hydrogen-bond acceptors (Lipinski definition) is 2. The molecule has 3 nitrogen and oxygen atoms in total. The summed E-state index contributed by atoms with van der Waals surface area (Å²) in [6, 6.07) is 13.0. The molecule has 1 aromatic carbocycles. The first-order valence-electron chi connectivity index (χ1n) is 8.20. The van der Waals surface area contributed by atoms with Crippen LogP contribution >= 0.6 is 22.6 Å². The lowest BCUT2D eigenvalue weighted by Crippen LogP contribution is -2.36. The van der Waals surface area contributed by atoms with Gasteiger partial charge in [0.15, 0.2) is 0 Å². The lowest BCUT2D eigenvalue weighted by atomic mass is 9.87. The summed E-state index contributed by atoms with van der Waals surface area (Å²) in [5, 5.41) is 0. The van der Waals surface area contributed by atoms with Crippen LogP contribution in [0.25, 0.3) is 0 Å². The number of pyridine rings is 1. The van der Waals surface area contributed by atoms with Gasteiger partial charge in [-0.2, -0.15) is 0 Å². The molecule has 1 aliphatic heterocycles. The Labute approximate surface area is 150 Å². The Morgan fingerprint density at radius 2 is 2.00 bits per heavy atom. The van der Waals surface area contributed by atoms with E-state index in [0.29, 0.717) is 17.9 Å². The highest BCUT2D eigenvalue weighted by atomic mass is 127. The molecule has 1 aromatic heterocycles. The van der Waals surface area contributed by atoms with Crippen molar-refractivity contribution in [3.63, 3.8) is 0 Å². The van der Waals surface area contributed by atoms with Gasteiger partial charge in [-0.25, -0.2) is 0 Å². The second-order valence-corrected chi connectivity index (χ2v) is 7.77. The van der Waals surface area contributed by atoms with Gasteiger partial charge in [0.2, 0.25) is 0 Å². The summed E-state index contributed by atoms with van der Waals surface area (Å²) >= 11 is 2.21. The van der Waals surface area contributed by atoms with Crippen LogP contribution in [0.5, 0.6) is 0 Å². The summed E-state index contributed by atoms with van der Waals surface area (Å²) in [5.74, 6) is 1.23. The van der Waals surface area contributed by atoms with Crippen LogP contribution in [-0.2, 0) is 0 Å². The summed E-state index contributed by atoms with van der Waals surface area (Å²) < 4.78 is 1.01. The quantitative estimate of drug-likeness (QED) is 0.689. The minimum Gasteiger partial charge on any atom is -0.335 e. The number of aromatic nitrogens is 1. The summed E-state index contributed by atoms with van der Waals surface area (Å²) in [6.07, 6.45) is 7.08. The molecule has 0 radical (unpaired) electrons. The molecule has 3 unspecified atom stereocenters. The van der Waals surface area contributed by atoms with Gasteiger partial charge in [0.25, 0.3) is 5.91 Å². The fourth-order valence-electron chi connectivity index (χ4n) is 4.29. The van der Waals surface area contributed by atoms with Gasteiger partial charge in [0.05, 0.1) is 5.56 Å². The molecule has 2 aromatic rings. The van der Waals surface area contributed by atoms with Crippen molar-refractivity contribution in [3.8, 4) is 0 Å². The molecule has 2 fully saturated rings. The standard InChI is InChI=1S/C19H19IN2O/c20-15-9-14(10-21-11-15)19(23)22-12-17(13-5-2-1-3-6-13)16-7-4-8-18(16)22/h1-3,5-6,9-11,16-18H,4,7-8,12H2. The van der Waals surface area contributed by atoms with Gasteiger partial charge < -0.3 is 4.90 Å². The lowest BCUT2D eigenvalue weighted by molar-refractivity contribution is 0.0727. The summed E-state index contributed by atoms with van der Waals surface area (Å²) in [4.78, 5) is 19.3. The normalized spacial score (nSPS) is 26.3. The van der Waals surface area contributed by atoms with Crippen molar-refractivity contribution in [2.24, 2.45) is 5.92 Å². The minimum absolute atomic E-state index is 0.145. The molecular weight excluding hydrogens is 399 g/mol. The van der Waals surface area contributed by atoms with Crippen LogP contribution in [0.3, 0.4) is 0 Å². The first kappa shape index (κ1) is 15.1. The van der Waals surface area contributed by atoms with Gasteiger partial charge in [-0.3, -0.25) is 9.78 Å². The van der Waals surface area contributed by atoms with Crippen molar-refractivity contribution in [2.75, 3.05) is 6.54 Å². The molecular formula is C19H19IN2O. The average Bonchev–Trinajstić information content (AvgIpc) is 3.17. The Morgan fingerprint density at radius 3 is 2.78 bits per heavy atom. The molecule has 0 bridgehead atoms. The SMILES string of the molecule is O=C(c1cncc(I)c1)N1CC(c2ccccc2)C2CCCC21. The molecule has 2 aliphatic rings. The van der Waals surface area contributed by atoms with Crippen molar-refractivity contribution in [2.45, 2.75) is 31.2 Å². The van der Waals surface area contributed by atoms with E-state index in [0.717, 1.165) is 22.1 Å². The van der Waals surface area contributed by atoms with E-state index in [9.17, 15) is 4.79 Å². The highest BCUT2D eigenvalue weighted by Gasteiger charge is 2.46. The first-order chi connectivity index (χ1) is 11.2. The van der Waals surface area contributed by atoms with E-state index in [2.05, 4.69) is 62.8 Å². The molecule has 1 amide bonds. The highest BCUT2D eigenvalue weighted by molar-refractivity contribution is 14.1. The van der Waals surface area contributed by atoms with Crippen LogP contribution in [0.1, 0.15) is 41.1 Å². The Hall–Kier alpha value is -1.43. The van der Waals surface area contributed by atoms with Crippen LogP contribution in [0.2, 0.25) is 0 Å². The Morgan fingerprint density at radius 1 is 1.17 bits per heavy atom. The van der Waals surface area contributed by atoms with Crippen LogP contribution in [-0.4, -0.2) is 28.4 Å². The molecule has 1 saturated carbocycles. The van der Waals surface area contributed by atoms with Gasteiger partial charge in [-0.15, -0.1) is 0 Å². The average molecular weight is 418 g/mol. The maximum atomic E-state index is 13.0. The minimum atomic E-state index is 0.145. The number of carbonyl (C=O) groups excluding carboxylic acids is 1. The number of carbonyl (C=O) groups is 1. The molecule has 118 valence electrons. The third-order valence-electron chi connectivity index (χ3n) is 5.28. The third-order valence-corrected chi connectivity index (χ3v) is 5.87. The van der Waals surface area contributed by atoms with Crippen LogP contribution in [0.4, 0.5) is 0 Å². The van der Waals surface area contributed by atoms with Crippen molar-refractivity contribution in [1.82, 2.24) is 9.88 Å². The monoisotopic (exact) mass is 418 g/mol. The van der Waals surface area contributed by atoms with E-state index >= 15 is 0 Å². The van der Waals surface area contributed by atoms with Crippen LogP contribution in [0.15, 0.2) is 48.8 Å². The van der Waals surface area contributed by atoms with E-state index < -0.39 is 0 Å². The fraction of sp³-hybridized carbons (Fsp3) is 0.368. The maximum Gasteiger partial charge on any atom is 0.255 e. The molecule has 23 heavy (non-hydrogen) atoms. The lowest BCUT2D eigenvalue weighted by Gasteiger charge is -2.23. The Balaban J connectivity index is 1.63. The van der Waals surface area contributed by atoms with Gasteiger partial charge in [-0.05, 0) is 53.0 Å². The summed E-state index contributed by atoms with van der Waals surface area (Å²) in [5.41, 5.74) is 2.09. The summed E-state index contributed by atoms with van der Waals surface area (Å²) in [7, 11) is 0. The fourth-order valence-corrected chi connectivity index (χ4v) is 4.79. The number of amides is 1. The zero-order valence-electron chi connectivity index (χ0n) is 12.9. The Bertz CT molecular complexity index is 718. The van der Waals surface area contributed by atoms with E-state index in [1.807, 2.05) is 6.07 Å². The van der Waals surface area contributed by atoms with Crippen molar-refractivity contribution >= 4 is 28.5 Å². The van der Waals surface area contributed by atoms with Gasteiger partial charge in [-0.1, -0.05) is 36.8 Å². The number of halogens is 1. The van der Waals surface area contributed by atoms with Gasteiger partial charge in [0.1, 0.15) is 0 Å². The van der Waals surface area contributed by atoms with Gasteiger partial charge >= 0.3 is 0 Å². The number of likely N-dealkylation sites (tertiary alicyclic amines) is 1. The highest BCUT2D eigenvalue weighted by Crippen LogP contribution is 2.46. The molecule has 2 heterocycles. The van der Waals surface area contributed by atoms with Gasteiger partial charge in [0, 0.05) is 34.5 Å². The van der Waals surface area contributed by atoms with Crippen LogP contribution in [0, 0.1) is 9.49 Å². The smallest absolute Gasteiger partial charge is 0.255 e. The zero-order chi connectivity index (χ0) is 15.8. The first-order valence-corrected chi connectivity index (χ1v) is 9.28. The predicted octanol–water partition coefficient (Wildman–Crippen LogP) is 4.09. The van der Waals surface area contributed by atoms with Crippen LogP contribution < -0.4 is 0 Å². The van der Waals surface area contributed by atoms with E-state index in [1.54, 1.807) is 12.4 Å². The number of rotatable bonds is 2. The maximum absolute atomic E-state index is 13.0. The zero-order valence-corrected chi connectivity index (χ0v) is 15.0. The number of benzene rings is 1. The molecule has 4 heteroatoms. The number of fused-ring (bicyclic) bond motifs is 1. The summed E-state index contributed by atoms with van der Waals surface area (Å²) in [6.45, 7) is 0.837. The number of hydrogen-bond donors (Lipinski definition) is 0. The second-order valence-electron chi connectivity index (χ2n) is 6.53. The third kappa shape index (κ3) is 2.77. The van der Waals surface area contributed by atoms with Crippen molar-refractivity contribution < 1.29 is 4.79 Å². The predicted molar refractivity (Wildman–Crippen MR) is 98.3 cm³/mol. The molecule has 0 N–H and O–H groups in total. The van der Waals surface area contributed by atoms with E-state index in [4.69, 9.17) is 0 Å². The molecule has 3 atom stereocenters. The Kier molecular flexibility index (Phi) is 4.09. The second kappa shape index (κ2) is 6.23. The van der Waals surface area contributed by atoms with Crippen molar-refractivity contribution in [1.29, 1.82) is 0 Å². The van der Waals surface area contributed by atoms with E-state index in [-0.39, 0.29) is 5.91 Å². The molecule has 0 spiro atoms. The largest absolute Gasteiger partial charge is 0.335 e. The molecule has 1 saturated heterocycles. The topological polar surface area (TPSA) is 33.2 Å². The molecule has 1 aliphatic carbocycles. The molecule has 4 rings (SSSR count). The number of nitrogens with zero attached hydrogens (tertiary/aromatic N) is 2.